The number of carbonyl (C=O) groups excluding carboxylic acids is 2. The van der Waals surface area contributed by atoms with Gasteiger partial charge in [-0.2, -0.15) is 0 Å². The number of ether oxygens (including phenoxy) is 1. The van der Waals surface area contributed by atoms with E-state index in [-0.39, 0.29) is 12.5 Å². The molecule has 0 unspecified atom stereocenters. The van der Waals surface area contributed by atoms with Crippen molar-refractivity contribution in [3.63, 3.8) is 0 Å². The molecule has 0 radical (unpaired) electrons. The van der Waals surface area contributed by atoms with Crippen LogP contribution < -0.4 is 15.5 Å². The molecule has 3 aromatic carbocycles. The summed E-state index contributed by atoms with van der Waals surface area (Å²) < 4.78 is 5.51. The summed E-state index contributed by atoms with van der Waals surface area (Å²) in [4.78, 5) is 28.1. The van der Waals surface area contributed by atoms with E-state index in [9.17, 15) is 14.7 Å². The van der Waals surface area contributed by atoms with Crippen molar-refractivity contribution in [3.8, 4) is 0 Å². The summed E-state index contributed by atoms with van der Waals surface area (Å²) >= 11 is 0. The lowest BCUT2D eigenvalue weighted by atomic mass is 10.00. The van der Waals surface area contributed by atoms with E-state index >= 15 is 0 Å². The summed E-state index contributed by atoms with van der Waals surface area (Å²) in [6.07, 6.45) is -1.16. The average molecular weight is 546 g/mol. The molecule has 40 heavy (non-hydrogen) atoms. The normalized spacial score (nSPS) is 13.2. The number of nitrogens with zero attached hydrogens (tertiary/aromatic N) is 1. The SMILES string of the molecule is CC(C)(C)NC(=O)c1ccccc1N(Cc1ccccc1)C[C@H](O)[C@H](Cc1ccccc1)NC(=O)OC(C)(C)C. The molecule has 3 N–H and O–H groups in total. The number of alkyl carbamates (subject to hydrolysis) is 1. The molecule has 0 spiro atoms. The first-order chi connectivity index (χ1) is 18.8. The smallest absolute Gasteiger partial charge is 0.407 e. The van der Waals surface area contributed by atoms with Crippen molar-refractivity contribution in [2.24, 2.45) is 0 Å². The number of hydrogen-bond donors (Lipinski definition) is 3. The van der Waals surface area contributed by atoms with Crippen LogP contribution in [0.2, 0.25) is 0 Å². The number of amides is 2. The highest BCUT2D eigenvalue weighted by molar-refractivity contribution is 6.00. The van der Waals surface area contributed by atoms with Crippen molar-refractivity contribution in [1.29, 1.82) is 0 Å². The molecule has 3 rings (SSSR count). The molecule has 0 aromatic heterocycles. The van der Waals surface area contributed by atoms with Crippen LogP contribution >= 0.6 is 0 Å². The second kappa shape index (κ2) is 13.5. The molecule has 0 fully saturated rings. The Morgan fingerprint density at radius 3 is 1.95 bits per heavy atom. The van der Waals surface area contributed by atoms with E-state index in [4.69, 9.17) is 4.74 Å². The van der Waals surface area contributed by atoms with Crippen LogP contribution in [0.1, 0.15) is 63.0 Å². The van der Waals surface area contributed by atoms with Crippen LogP contribution in [0.4, 0.5) is 10.5 Å². The summed E-state index contributed by atoms with van der Waals surface area (Å²) in [5, 5.41) is 17.6. The van der Waals surface area contributed by atoms with Gasteiger partial charge >= 0.3 is 6.09 Å². The van der Waals surface area contributed by atoms with Crippen molar-refractivity contribution in [3.05, 3.63) is 102 Å². The Hall–Kier alpha value is -3.84. The zero-order chi connectivity index (χ0) is 29.3. The maximum absolute atomic E-state index is 13.3. The summed E-state index contributed by atoms with van der Waals surface area (Å²) in [5.74, 6) is -0.191. The Morgan fingerprint density at radius 2 is 1.38 bits per heavy atom. The number of hydrogen-bond acceptors (Lipinski definition) is 5. The summed E-state index contributed by atoms with van der Waals surface area (Å²) in [7, 11) is 0. The lowest BCUT2D eigenvalue weighted by Crippen LogP contribution is -2.51. The highest BCUT2D eigenvalue weighted by atomic mass is 16.6. The minimum absolute atomic E-state index is 0.169. The minimum atomic E-state index is -0.977. The molecule has 0 saturated carbocycles. The molecule has 3 aromatic rings. The highest BCUT2D eigenvalue weighted by Crippen LogP contribution is 2.25. The lowest BCUT2D eigenvalue weighted by molar-refractivity contribution is 0.0428. The van der Waals surface area contributed by atoms with Crippen molar-refractivity contribution >= 4 is 17.7 Å². The van der Waals surface area contributed by atoms with Crippen LogP contribution in [-0.4, -0.2) is 46.9 Å². The summed E-state index contributed by atoms with van der Waals surface area (Å²) in [6.45, 7) is 11.9. The zero-order valence-corrected chi connectivity index (χ0v) is 24.5. The van der Waals surface area contributed by atoms with Gasteiger partial charge in [-0.1, -0.05) is 72.8 Å². The maximum atomic E-state index is 13.3. The Balaban J connectivity index is 1.95. The van der Waals surface area contributed by atoms with Gasteiger partial charge in [0.15, 0.2) is 0 Å². The van der Waals surface area contributed by atoms with Gasteiger partial charge in [0.1, 0.15) is 5.60 Å². The van der Waals surface area contributed by atoms with Gasteiger partial charge in [-0.3, -0.25) is 4.79 Å². The highest BCUT2D eigenvalue weighted by Gasteiger charge is 2.28. The van der Waals surface area contributed by atoms with Gasteiger partial charge < -0.3 is 25.4 Å². The second-order valence-electron chi connectivity index (χ2n) is 12.1. The van der Waals surface area contributed by atoms with Gasteiger partial charge in [-0.05, 0) is 71.2 Å². The topological polar surface area (TPSA) is 90.9 Å². The van der Waals surface area contributed by atoms with Gasteiger partial charge in [-0.25, -0.2) is 4.79 Å². The van der Waals surface area contributed by atoms with E-state index < -0.39 is 29.4 Å². The second-order valence-corrected chi connectivity index (χ2v) is 12.1. The minimum Gasteiger partial charge on any atom is -0.444 e. The standard InChI is InChI=1S/C33H43N3O4/c1-32(2,3)35-30(38)26-19-13-14-20-28(26)36(22-25-17-11-8-12-18-25)23-29(37)27(21-24-15-9-7-10-16-24)34-31(39)40-33(4,5)6/h7-20,27,29,37H,21-23H2,1-6H3,(H,34,39)(H,35,38)/t27-,29-/m0/s1. The molecule has 7 heteroatoms. The molecule has 7 nitrogen and oxygen atoms in total. The number of nitrogens with one attached hydrogen (secondary N) is 2. The summed E-state index contributed by atoms with van der Waals surface area (Å²) in [5.41, 5.74) is 2.13. The average Bonchev–Trinajstić information content (AvgIpc) is 2.87. The van der Waals surface area contributed by atoms with Crippen LogP contribution in [0.5, 0.6) is 0 Å². The van der Waals surface area contributed by atoms with Crippen LogP contribution in [0.15, 0.2) is 84.9 Å². The number of aliphatic hydroxyl groups excluding tert-OH is 1. The Kier molecular flexibility index (Phi) is 10.3. The first kappa shape index (κ1) is 30.7. The molecule has 0 aliphatic rings. The number of benzene rings is 3. The zero-order valence-electron chi connectivity index (χ0n) is 24.5. The molecule has 0 bridgehead atoms. The van der Waals surface area contributed by atoms with Gasteiger partial charge in [0, 0.05) is 24.3 Å². The number of carbonyl (C=O) groups is 2. The van der Waals surface area contributed by atoms with Crippen molar-refractivity contribution in [1.82, 2.24) is 10.6 Å². The summed E-state index contributed by atoms with van der Waals surface area (Å²) in [6, 6.07) is 26.4. The van der Waals surface area contributed by atoms with Crippen LogP contribution in [0.25, 0.3) is 0 Å². The molecule has 0 aliphatic carbocycles. The molecule has 2 atom stereocenters. The molecule has 0 heterocycles. The van der Waals surface area contributed by atoms with Gasteiger partial charge in [0.05, 0.1) is 17.7 Å². The fraction of sp³-hybridized carbons (Fsp3) is 0.394. The predicted molar refractivity (Wildman–Crippen MR) is 160 cm³/mol. The first-order valence-electron chi connectivity index (χ1n) is 13.7. The third-order valence-electron chi connectivity index (χ3n) is 6.07. The maximum Gasteiger partial charge on any atom is 0.407 e. The van der Waals surface area contributed by atoms with Gasteiger partial charge in [0.2, 0.25) is 0 Å². The van der Waals surface area contributed by atoms with E-state index in [1.54, 1.807) is 26.8 Å². The van der Waals surface area contributed by atoms with E-state index in [1.165, 1.54) is 0 Å². The predicted octanol–water partition coefficient (Wildman–Crippen LogP) is 5.72. The van der Waals surface area contributed by atoms with Crippen LogP contribution in [0, 0.1) is 0 Å². The van der Waals surface area contributed by atoms with Gasteiger partial charge in [-0.15, -0.1) is 0 Å². The van der Waals surface area contributed by atoms with E-state index in [0.717, 1.165) is 11.1 Å². The molecule has 0 saturated heterocycles. The monoisotopic (exact) mass is 545 g/mol. The van der Waals surface area contributed by atoms with E-state index in [1.807, 2.05) is 105 Å². The molecule has 0 aliphatic heterocycles. The largest absolute Gasteiger partial charge is 0.444 e. The third kappa shape index (κ3) is 10.0. The van der Waals surface area contributed by atoms with E-state index in [2.05, 4.69) is 10.6 Å². The number of aliphatic hydroxyl groups is 1. The number of para-hydroxylation sites is 1. The van der Waals surface area contributed by atoms with Gasteiger partial charge in [0.25, 0.3) is 5.91 Å². The van der Waals surface area contributed by atoms with Crippen LogP contribution in [-0.2, 0) is 17.7 Å². The Labute approximate surface area is 238 Å². The molecule has 2 amide bonds. The molecular formula is C33H43N3O4. The van der Waals surface area contributed by atoms with Crippen molar-refractivity contribution < 1.29 is 19.4 Å². The fourth-order valence-electron chi connectivity index (χ4n) is 4.36. The lowest BCUT2D eigenvalue weighted by Gasteiger charge is -2.33. The molecular weight excluding hydrogens is 502 g/mol. The van der Waals surface area contributed by atoms with Crippen molar-refractivity contribution in [2.45, 2.75) is 77.8 Å². The Morgan fingerprint density at radius 1 is 0.825 bits per heavy atom. The first-order valence-corrected chi connectivity index (χ1v) is 13.7. The van der Waals surface area contributed by atoms with Crippen molar-refractivity contribution in [2.75, 3.05) is 11.4 Å². The number of anilines is 1. The third-order valence-corrected chi connectivity index (χ3v) is 6.07. The fourth-order valence-corrected chi connectivity index (χ4v) is 4.36. The quantitative estimate of drug-likeness (QED) is 0.303. The Bertz CT molecular complexity index is 1230. The van der Waals surface area contributed by atoms with Crippen LogP contribution in [0.3, 0.4) is 0 Å². The number of rotatable bonds is 10. The van der Waals surface area contributed by atoms with E-state index in [0.29, 0.717) is 24.2 Å². The molecule has 214 valence electrons.